The first-order valence-electron chi connectivity index (χ1n) is 12.1. The number of rotatable bonds is 7. The van der Waals surface area contributed by atoms with E-state index in [2.05, 4.69) is 34.5 Å². The molecule has 36 heavy (non-hydrogen) atoms. The molecule has 1 heterocycles. The molecule has 1 amide bonds. The fourth-order valence-electron chi connectivity index (χ4n) is 4.52. The van der Waals surface area contributed by atoms with Gasteiger partial charge in [-0.05, 0) is 52.2 Å². The van der Waals surface area contributed by atoms with Crippen molar-refractivity contribution in [2.75, 3.05) is 26.2 Å². The predicted molar refractivity (Wildman–Crippen MR) is 142 cm³/mol. The van der Waals surface area contributed by atoms with Gasteiger partial charge in [0.1, 0.15) is 0 Å². The first kappa shape index (κ1) is 24.2. The third-order valence-electron chi connectivity index (χ3n) is 6.60. The zero-order valence-corrected chi connectivity index (χ0v) is 20.8. The van der Waals surface area contributed by atoms with Crippen LogP contribution < -0.4 is 5.32 Å². The van der Waals surface area contributed by atoms with Crippen molar-refractivity contribution in [1.29, 1.82) is 0 Å². The van der Waals surface area contributed by atoms with Gasteiger partial charge in [0.2, 0.25) is 10.0 Å². The first-order valence-corrected chi connectivity index (χ1v) is 13.6. The van der Waals surface area contributed by atoms with Crippen LogP contribution in [0.2, 0.25) is 0 Å². The summed E-state index contributed by atoms with van der Waals surface area (Å²) in [7, 11) is -3.45. The molecule has 184 valence electrons. The maximum Gasteiger partial charge on any atom is 0.251 e. The van der Waals surface area contributed by atoms with Crippen LogP contribution in [0.15, 0.2) is 102 Å². The highest BCUT2D eigenvalue weighted by Gasteiger charge is 2.28. The van der Waals surface area contributed by atoms with E-state index in [4.69, 9.17) is 0 Å². The van der Waals surface area contributed by atoms with Gasteiger partial charge in [0.05, 0.1) is 4.90 Å². The Balaban J connectivity index is 1.12. The first-order chi connectivity index (χ1) is 17.5. The average Bonchev–Trinajstić information content (AvgIpc) is 2.93. The van der Waals surface area contributed by atoms with E-state index in [1.807, 2.05) is 48.5 Å². The average molecular weight is 500 g/mol. The molecule has 0 unspecified atom stereocenters. The monoisotopic (exact) mass is 499 g/mol. The summed E-state index contributed by atoms with van der Waals surface area (Å²) in [5, 5.41) is 5.34. The van der Waals surface area contributed by atoms with E-state index in [-0.39, 0.29) is 5.91 Å². The second-order valence-electron chi connectivity index (χ2n) is 9.05. The van der Waals surface area contributed by atoms with Crippen molar-refractivity contribution in [1.82, 2.24) is 14.5 Å². The molecular weight excluding hydrogens is 470 g/mol. The summed E-state index contributed by atoms with van der Waals surface area (Å²) in [6.45, 7) is 3.46. The Morgan fingerprint density at radius 2 is 1.36 bits per heavy atom. The summed E-state index contributed by atoms with van der Waals surface area (Å²) < 4.78 is 27.2. The third kappa shape index (κ3) is 5.49. The molecule has 4 aromatic carbocycles. The maximum absolute atomic E-state index is 12.8. The standard InChI is InChI=1S/C29H29N3O3S/c33-29(30-21-24-12-13-25-6-4-5-7-27(25)20-24)26-14-10-23(11-15-26)22-31-16-18-32(19-17-31)36(34,35)28-8-2-1-3-9-28/h1-15,20H,16-19,21-22H2,(H,30,33). The molecule has 1 saturated heterocycles. The number of benzene rings is 4. The zero-order valence-electron chi connectivity index (χ0n) is 20.0. The third-order valence-corrected chi connectivity index (χ3v) is 8.51. The van der Waals surface area contributed by atoms with E-state index >= 15 is 0 Å². The van der Waals surface area contributed by atoms with Crippen molar-refractivity contribution in [3.63, 3.8) is 0 Å². The number of piperazine rings is 1. The van der Waals surface area contributed by atoms with Crippen molar-refractivity contribution in [2.45, 2.75) is 18.0 Å². The summed E-state index contributed by atoms with van der Waals surface area (Å²) in [5.74, 6) is -0.102. The highest BCUT2D eigenvalue weighted by molar-refractivity contribution is 7.89. The minimum atomic E-state index is -3.45. The van der Waals surface area contributed by atoms with Crippen LogP contribution in [0.3, 0.4) is 0 Å². The van der Waals surface area contributed by atoms with Gasteiger partial charge in [-0.2, -0.15) is 4.31 Å². The Kier molecular flexibility index (Phi) is 7.13. The Morgan fingerprint density at radius 1 is 0.722 bits per heavy atom. The number of fused-ring (bicyclic) bond motifs is 1. The molecule has 4 aromatic rings. The molecule has 0 aliphatic carbocycles. The van der Waals surface area contributed by atoms with Crippen LogP contribution in [0.4, 0.5) is 0 Å². The van der Waals surface area contributed by atoms with E-state index in [1.54, 1.807) is 28.6 Å². The molecular formula is C29H29N3O3S. The lowest BCUT2D eigenvalue weighted by Gasteiger charge is -2.34. The van der Waals surface area contributed by atoms with Crippen LogP contribution in [0, 0.1) is 0 Å². The van der Waals surface area contributed by atoms with Crippen molar-refractivity contribution in [3.8, 4) is 0 Å². The van der Waals surface area contributed by atoms with Gasteiger partial charge in [-0.3, -0.25) is 9.69 Å². The Hall–Kier alpha value is -3.52. The van der Waals surface area contributed by atoms with Crippen LogP contribution in [0.25, 0.3) is 10.8 Å². The summed E-state index contributed by atoms with van der Waals surface area (Å²) in [4.78, 5) is 15.2. The molecule has 0 aromatic heterocycles. The lowest BCUT2D eigenvalue weighted by molar-refractivity contribution is 0.0951. The lowest BCUT2D eigenvalue weighted by Crippen LogP contribution is -2.48. The SMILES string of the molecule is O=C(NCc1ccc2ccccc2c1)c1ccc(CN2CCN(S(=O)(=O)c3ccccc3)CC2)cc1. The number of amides is 1. The minimum Gasteiger partial charge on any atom is -0.348 e. The zero-order chi connectivity index (χ0) is 25.0. The molecule has 5 rings (SSSR count). The van der Waals surface area contributed by atoms with E-state index in [0.29, 0.717) is 43.2 Å². The fraction of sp³-hybridized carbons (Fsp3) is 0.207. The molecule has 0 radical (unpaired) electrons. The lowest BCUT2D eigenvalue weighted by atomic mass is 10.1. The number of hydrogen-bond donors (Lipinski definition) is 1. The molecule has 1 N–H and O–H groups in total. The van der Waals surface area contributed by atoms with Gasteiger partial charge >= 0.3 is 0 Å². The normalized spacial score (nSPS) is 15.1. The van der Waals surface area contributed by atoms with Crippen LogP contribution in [0.5, 0.6) is 0 Å². The van der Waals surface area contributed by atoms with Gasteiger partial charge in [0, 0.05) is 44.8 Å². The van der Waals surface area contributed by atoms with Crippen molar-refractivity contribution < 1.29 is 13.2 Å². The molecule has 0 atom stereocenters. The number of nitrogens with one attached hydrogen (secondary N) is 1. The predicted octanol–water partition coefficient (Wildman–Crippen LogP) is 4.28. The van der Waals surface area contributed by atoms with E-state index in [0.717, 1.165) is 23.1 Å². The van der Waals surface area contributed by atoms with Gasteiger partial charge in [-0.1, -0.05) is 66.7 Å². The summed E-state index contributed by atoms with van der Waals surface area (Å²) in [5.41, 5.74) is 2.78. The van der Waals surface area contributed by atoms with Gasteiger partial charge < -0.3 is 5.32 Å². The minimum absolute atomic E-state index is 0.102. The van der Waals surface area contributed by atoms with Crippen molar-refractivity contribution in [2.24, 2.45) is 0 Å². The van der Waals surface area contributed by atoms with E-state index < -0.39 is 10.0 Å². The molecule has 1 aliphatic heterocycles. The van der Waals surface area contributed by atoms with Gasteiger partial charge in [0.25, 0.3) is 5.91 Å². The van der Waals surface area contributed by atoms with Crippen LogP contribution in [0.1, 0.15) is 21.5 Å². The van der Waals surface area contributed by atoms with Gasteiger partial charge in [-0.25, -0.2) is 8.42 Å². The van der Waals surface area contributed by atoms with Crippen LogP contribution in [-0.4, -0.2) is 49.7 Å². The summed E-state index contributed by atoms with van der Waals surface area (Å²) in [6.07, 6.45) is 0. The van der Waals surface area contributed by atoms with E-state index in [9.17, 15) is 13.2 Å². The quantitative estimate of drug-likeness (QED) is 0.412. The number of carbonyl (C=O) groups is 1. The van der Waals surface area contributed by atoms with Gasteiger partial charge in [0.15, 0.2) is 0 Å². The highest BCUT2D eigenvalue weighted by atomic mass is 32.2. The van der Waals surface area contributed by atoms with Crippen LogP contribution >= 0.6 is 0 Å². The molecule has 7 heteroatoms. The summed E-state index contributed by atoms with van der Waals surface area (Å²) in [6, 6.07) is 30.6. The molecule has 6 nitrogen and oxygen atoms in total. The number of sulfonamides is 1. The second kappa shape index (κ2) is 10.6. The number of nitrogens with zero attached hydrogens (tertiary/aromatic N) is 2. The smallest absolute Gasteiger partial charge is 0.251 e. The molecule has 0 bridgehead atoms. The van der Waals surface area contributed by atoms with Crippen molar-refractivity contribution in [3.05, 3.63) is 114 Å². The van der Waals surface area contributed by atoms with Crippen molar-refractivity contribution >= 4 is 26.7 Å². The maximum atomic E-state index is 12.8. The topological polar surface area (TPSA) is 69.7 Å². The number of carbonyl (C=O) groups excluding carboxylic acids is 1. The molecule has 1 fully saturated rings. The van der Waals surface area contributed by atoms with Gasteiger partial charge in [-0.15, -0.1) is 0 Å². The second-order valence-corrected chi connectivity index (χ2v) is 11.0. The largest absolute Gasteiger partial charge is 0.348 e. The van der Waals surface area contributed by atoms with Crippen LogP contribution in [-0.2, 0) is 23.1 Å². The van der Waals surface area contributed by atoms with E-state index in [1.165, 1.54) is 5.39 Å². The fourth-order valence-corrected chi connectivity index (χ4v) is 5.97. The Bertz CT molecular complexity index is 1450. The molecule has 1 aliphatic rings. The Morgan fingerprint density at radius 3 is 2.08 bits per heavy atom. The number of hydrogen-bond acceptors (Lipinski definition) is 4. The Labute approximate surface area is 212 Å². The molecule has 0 spiro atoms. The molecule has 0 saturated carbocycles. The summed E-state index contributed by atoms with van der Waals surface area (Å²) >= 11 is 0. The highest BCUT2D eigenvalue weighted by Crippen LogP contribution is 2.19.